The maximum atomic E-state index is 8.88. The third kappa shape index (κ3) is 3.76. The zero-order valence-corrected chi connectivity index (χ0v) is 11.6. The molecule has 3 rings (SSSR count). The molecule has 106 valence electrons. The zero-order valence-electron chi connectivity index (χ0n) is 10.7. The van der Waals surface area contributed by atoms with Crippen LogP contribution >= 0.6 is 7.82 Å². The van der Waals surface area contributed by atoms with Gasteiger partial charge < -0.3 is 20.4 Å². The Bertz CT molecular complexity index is 519. The molecule has 19 heavy (non-hydrogen) atoms. The van der Waals surface area contributed by atoms with Gasteiger partial charge in [-0.3, -0.25) is 4.98 Å². The molecule has 6 nitrogen and oxygen atoms in total. The van der Waals surface area contributed by atoms with Gasteiger partial charge in [0, 0.05) is 17.1 Å². The normalized spacial score (nSPS) is 17.2. The summed E-state index contributed by atoms with van der Waals surface area (Å²) in [6.45, 7) is 0. The number of phosphoric acid groups is 1. The second-order valence-corrected chi connectivity index (χ2v) is 5.98. The standard InChI is InChI=1S/C12H16N2.H3O4P/c13-12-8-4-1-2-6-10(8)14-11-7-3-5-9(11)12;1-5(2,3)4/h1-7H2,(H2,13,14);(H3,1,2,3,4). The Labute approximate surface area is 111 Å². The summed E-state index contributed by atoms with van der Waals surface area (Å²) in [5, 5.41) is 0. The minimum Gasteiger partial charge on any atom is -0.398 e. The van der Waals surface area contributed by atoms with Crippen molar-refractivity contribution < 1.29 is 19.2 Å². The van der Waals surface area contributed by atoms with Crippen molar-refractivity contribution in [1.82, 2.24) is 4.98 Å². The molecule has 0 spiro atoms. The van der Waals surface area contributed by atoms with Crippen molar-refractivity contribution in [3.63, 3.8) is 0 Å². The SMILES string of the molecule is Nc1c2c(nc3c1CCC3)CCCC2.O=P(O)(O)O. The van der Waals surface area contributed by atoms with Gasteiger partial charge in [-0.2, -0.15) is 0 Å². The summed E-state index contributed by atoms with van der Waals surface area (Å²) >= 11 is 0. The van der Waals surface area contributed by atoms with Crippen LogP contribution in [0.1, 0.15) is 41.8 Å². The fourth-order valence-corrected chi connectivity index (χ4v) is 2.79. The Kier molecular flexibility index (Phi) is 4.26. The second kappa shape index (κ2) is 5.59. The van der Waals surface area contributed by atoms with Crippen LogP contribution in [-0.2, 0) is 30.2 Å². The van der Waals surface area contributed by atoms with Gasteiger partial charge in [-0.05, 0) is 56.1 Å². The lowest BCUT2D eigenvalue weighted by atomic mass is 9.92. The third-order valence-corrected chi connectivity index (χ3v) is 3.55. The predicted molar refractivity (Wildman–Crippen MR) is 71.6 cm³/mol. The summed E-state index contributed by atoms with van der Waals surface area (Å²) in [5.41, 5.74) is 12.6. The Hall–Kier alpha value is -0.940. The Morgan fingerprint density at radius 3 is 1.89 bits per heavy atom. The second-order valence-electron chi connectivity index (χ2n) is 4.95. The first-order valence-electron chi connectivity index (χ1n) is 6.43. The summed E-state index contributed by atoms with van der Waals surface area (Å²) in [4.78, 5) is 26.3. The van der Waals surface area contributed by atoms with Crippen molar-refractivity contribution in [2.75, 3.05) is 5.73 Å². The molecule has 0 radical (unpaired) electrons. The highest BCUT2D eigenvalue weighted by Gasteiger charge is 2.22. The van der Waals surface area contributed by atoms with E-state index in [0.717, 1.165) is 31.4 Å². The van der Waals surface area contributed by atoms with Crippen molar-refractivity contribution in [2.24, 2.45) is 0 Å². The molecule has 0 saturated carbocycles. The number of nitrogens with two attached hydrogens (primary N) is 1. The number of aromatic nitrogens is 1. The van der Waals surface area contributed by atoms with Gasteiger partial charge in [-0.1, -0.05) is 0 Å². The molecule has 0 amide bonds. The van der Waals surface area contributed by atoms with Crippen molar-refractivity contribution in [3.8, 4) is 0 Å². The van der Waals surface area contributed by atoms with Crippen LogP contribution in [-0.4, -0.2) is 19.7 Å². The number of anilines is 1. The van der Waals surface area contributed by atoms with Crippen LogP contribution in [0.5, 0.6) is 0 Å². The lowest BCUT2D eigenvalue weighted by Crippen LogP contribution is -2.12. The highest BCUT2D eigenvalue weighted by molar-refractivity contribution is 7.45. The van der Waals surface area contributed by atoms with Gasteiger partial charge in [0.25, 0.3) is 0 Å². The van der Waals surface area contributed by atoms with Crippen LogP contribution in [0.3, 0.4) is 0 Å². The van der Waals surface area contributed by atoms with Crippen LogP contribution in [0.2, 0.25) is 0 Å². The van der Waals surface area contributed by atoms with Crippen LogP contribution < -0.4 is 5.73 Å². The molecular formula is C12H19N2O4P. The maximum absolute atomic E-state index is 8.88. The summed E-state index contributed by atoms with van der Waals surface area (Å²) in [6.07, 6.45) is 8.42. The van der Waals surface area contributed by atoms with Crippen molar-refractivity contribution in [2.45, 2.75) is 44.9 Å². The molecule has 5 N–H and O–H groups in total. The monoisotopic (exact) mass is 286 g/mol. The van der Waals surface area contributed by atoms with Gasteiger partial charge in [0.15, 0.2) is 0 Å². The molecule has 0 bridgehead atoms. The minimum atomic E-state index is -4.64. The molecule has 0 saturated heterocycles. The molecule has 0 unspecified atom stereocenters. The molecule has 0 aromatic carbocycles. The molecule has 1 aromatic rings. The molecule has 2 aliphatic carbocycles. The van der Waals surface area contributed by atoms with Crippen LogP contribution in [0.25, 0.3) is 0 Å². The third-order valence-electron chi connectivity index (χ3n) is 3.55. The van der Waals surface area contributed by atoms with Gasteiger partial charge in [0.1, 0.15) is 0 Å². The van der Waals surface area contributed by atoms with Gasteiger partial charge in [0.2, 0.25) is 0 Å². The summed E-state index contributed by atoms with van der Waals surface area (Å²) in [7, 11) is -4.64. The first-order chi connectivity index (χ1) is 8.86. The molecule has 2 aliphatic rings. The first kappa shape index (κ1) is 14.5. The quantitative estimate of drug-likeness (QED) is 0.531. The van der Waals surface area contributed by atoms with Crippen LogP contribution in [0.4, 0.5) is 5.69 Å². The van der Waals surface area contributed by atoms with E-state index in [0.29, 0.717) is 0 Å². The Balaban J connectivity index is 0.000000232. The smallest absolute Gasteiger partial charge is 0.398 e. The highest BCUT2D eigenvalue weighted by atomic mass is 31.2. The van der Waals surface area contributed by atoms with E-state index < -0.39 is 7.82 Å². The minimum absolute atomic E-state index is 1.09. The zero-order chi connectivity index (χ0) is 14.0. The Morgan fingerprint density at radius 2 is 1.32 bits per heavy atom. The molecule has 7 heteroatoms. The highest BCUT2D eigenvalue weighted by Crippen LogP contribution is 2.33. The molecule has 0 aliphatic heterocycles. The molecular weight excluding hydrogens is 267 g/mol. The van der Waals surface area contributed by atoms with Gasteiger partial charge in [-0.15, -0.1) is 0 Å². The molecule has 1 aromatic heterocycles. The number of hydrogen-bond donors (Lipinski definition) is 4. The van der Waals surface area contributed by atoms with Crippen molar-refractivity contribution in [1.29, 1.82) is 0 Å². The van der Waals surface area contributed by atoms with E-state index in [2.05, 4.69) is 0 Å². The number of nitrogen functional groups attached to an aromatic ring is 1. The van der Waals surface area contributed by atoms with E-state index in [4.69, 9.17) is 30.0 Å². The van der Waals surface area contributed by atoms with Crippen LogP contribution in [0, 0.1) is 0 Å². The lowest BCUT2D eigenvalue weighted by Gasteiger charge is -2.19. The van der Waals surface area contributed by atoms with E-state index in [1.165, 1.54) is 41.8 Å². The predicted octanol–water partition coefficient (Wildman–Crippen LogP) is 1.10. The summed E-state index contributed by atoms with van der Waals surface area (Å²) < 4.78 is 8.88. The maximum Gasteiger partial charge on any atom is 0.466 e. The topological polar surface area (TPSA) is 117 Å². The Morgan fingerprint density at radius 1 is 0.895 bits per heavy atom. The largest absolute Gasteiger partial charge is 0.466 e. The number of aryl methyl sites for hydroxylation is 2. The number of pyridine rings is 1. The summed E-state index contributed by atoms with van der Waals surface area (Å²) in [6, 6.07) is 0. The molecule has 0 fully saturated rings. The van der Waals surface area contributed by atoms with Gasteiger partial charge in [0.05, 0.1) is 0 Å². The lowest BCUT2D eigenvalue weighted by molar-refractivity contribution is 0.275. The van der Waals surface area contributed by atoms with E-state index in [1.54, 1.807) is 0 Å². The van der Waals surface area contributed by atoms with E-state index in [-0.39, 0.29) is 0 Å². The van der Waals surface area contributed by atoms with Gasteiger partial charge >= 0.3 is 7.82 Å². The van der Waals surface area contributed by atoms with E-state index in [9.17, 15) is 0 Å². The van der Waals surface area contributed by atoms with Crippen molar-refractivity contribution in [3.05, 3.63) is 22.5 Å². The van der Waals surface area contributed by atoms with Gasteiger partial charge in [-0.25, -0.2) is 4.57 Å². The fraction of sp³-hybridized carbons (Fsp3) is 0.583. The number of fused-ring (bicyclic) bond motifs is 2. The number of hydrogen-bond acceptors (Lipinski definition) is 3. The summed E-state index contributed by atoms with van der Waals surface area (Å²) in [5.74, 6) is 0. The fourth-order valence-electron chi connectivity index (χ4n) is 2.79. The number of nitrogens with zero attached hydrogens (tertiary/aromatic N) is 1. The number of rotatable bonds is 0. The van der Waals surface area contributed by atoms with Crippen molar-refractivity contribution >= 4 is 13.5 Å². The molecule has 1 heterocycles. The average molecular weight is 286 g/mol. The molecule has 0 atom stereocenters. The first-order valence-corrected chi connectivity index (χ1v) is 8.00. The van der Waals surface area contributed by atoms with Crippen LogP contribution in [0.15, 0.2) is 0 Å². The average Bonchev–Trinajstić information content (AvgIpc) is 2.75. The van der Waals surface area contributed by atoms with E-state index in [1.807, 2.05) is 0 Å². The van der Waals surface area contributed by atoms with E-state index >= 15 is 0 Å².